The SMILES string of the molecule is O=C(CC1CC1)N1C[C@@H]2CCCN[C@@H]2C1. The van der Waals surface area contributed by atoms with Gasteiger partial charge in [0.25, 0.3) is 0 Å². The van der Waals surface area contributed by atoms with Crippen molar-refractivity contribution in [3.63, 3.8) is 0 Å². The Hall–Kier alpha value is -0.570. The van der Waals surface area contributed by atoms with Crippen LogP contribution in [0.4, 0.5) is 0 Å². The zero-order chi connectivity index (χ0) is 10.3. The van der Waals surface area contributed by atoms with E-state index in [1.54, 1.807) is 0 Å². The predicted molar refractivity (Wildman–Crippen MR) is 58.4 cm³/mol. The smallest absolute Gasteiger partial charge is 0.222 e. The molecule has 0 unspecified atom stereocenters. The number of hydrogen-bond donors (Lipinski definition) is 1. The van der Waals surface area contributed by atoms with Crippen molar-refractivity contribution in [2.24, 2.45) is 11.8 Å². The van der Waals surface area contributed by atoms with Gasteiger partial charge in [0.1, 0.15) is 0 Å². The van der Waals surface area contributed by atoms with Gasteiger partial charge in [-0.2, -0.15) is 0 Å². The molecular formula is C12H20N2O. The molecule has 1 aliphatic carbocycles. The summed E-state index contributed by atoms with van der Waals surface area (Å²) in [6.07, 6.45) is 5.98. The third-order valence-electron chi connectivity index (χ3n) is 4.11. The summed E-state index contributed by atoms with van der Waals surface area (Å²) < 4.78 is 0. The fraction of sp³-hybridized carbons (Fsp3) is 0.917. The van der Waals surface area contributed by atoms with Gasteiger partial charge in [-0.1, -0.05) is 0 Å². The van der Waals surface area contributed by atoms with Gasteiger partial charge in [-0.3, -0.25) is 4.79 Å². The summed E-state index contributed by atoms with van der Waals surface area (Å²) in [5, 5.41) is 3.54. The number of rotatable bonds is 2. The third kappa shape index (κ3) is 2.03. The number of piperidine rings is 1. The van der Waals surface area contributed by atoms with E-state index in [4.69, 9.17) is 0 Å². The Balaban J connectivity index is 1.56. The molecule has 2 saturated heterocycles. The van der Waals surface area contributed by atoms with Crippen molar-refractivity contribution in [3.05, 3.63) is 0 Å². The Bertz CT molecular complexity index is 248. The number of fused-ring (bicyclic) bond motifs is 1. The molecule has 1 saturated carbocycles. The first-order chi connectivity index (χ1) is 7.33. The molecule has 2 aliphatic heterocycles. The maximum absolute atomic E-state index is 11.9. The van der Waals surface area contributed by atoms with Gasteiger partial charge in [-0.25, -0.2) is 0 Å². The van der Waals surface area contributed by atoms with Crippen LogP contribution < -0.4 is 5.32 Å². The highest BCUT2D eigenvalue weighted by molar-refractivity contribution is 5.77. The summed E-state index contributed by atoms with van der Waals surface area (Å²) in [5.74, 6) is 1.88. The van der Waals surface area contributed by atoms with Crippen molar-refractivity contribution in [1.29, 1.82) is 0 Å². The molecule has 2 heterocycles. The van der Waals surface area contributed by atoms with Crippen molar-refractivity contribution >= 4 is 5.91 Å². The number of carbonyl (C=O) groups excluding carboxylic acids is 1. The minimum absolute atomic E-state index is 0.411. The molecule has 3 rings (SSSR count). The van der Waals surface area contributed by atoms with E-state index >= 15 is 0 Å². The van der Waals surface area contributed by atoms with Crippen LogP contribution in [-0.2, 0) is 4.79 Å². The highest BCUT2D eigenvalue weighted by atomic mass is 16.2. The van der Waals surface area contributed by atoms with E-state index in [9.17, 15) is 4.79 Å². The number of amides is 1. The Labute approximate surface area is 91.2 Å². The lowest BCUT2D eigenvalue weighted by Crippen LogP contribution is -2.41. The lowest BCUT2D eigenvalue weighted by atomic mass is 9.94. The molecular weight excluding hydrogens is 188 g/mol. The first-order valence-corrected chi connectivity index (χ1v) is 6.34. The fourth-order valence-electron chi connectivity index (χ4n) is 2.95. The Morgan fingerprint density at radius 1 is 1.27 bits per heavy atom. The van der Waals surface area contributed by atoms with E-state index in [0.29, 0.717) is 11.9 Å². The number of likely N-dealkylation sites (tertiary alicyclic amines) is 1. The molecule has 1 amide bonds. The van der Waals surface area contributed by atoms with Gasteiger partial charge >= 0.3 is 0 Å². The maximum atomic E-state index is 11.9. The molecule has 0 aromatic heterocycles. The molecule has 3 aliphatic rings. The molecule has 3 fully saturated rings. The molecule has 0 radical (unpaired) electrons. The van der Waals surface area contributed by atoms with Crippen LogP contribution in [-0.4, -0.2) is 36.5 Å². The standard InChI is InChI=1S/C12H20N2O/c15-12(6-9-3-4-9)14-7-10-2-1-5-13-11(10)8-14/h9-11,13H,1-8H2/t10-,11+/m0/s1. The van der Waals surface area contributed by atoms with E-state index in [0.717, 1.165) is 37.9 Å². The van der Waals surface area contributed by atoms with Crippen LogP contribution in [0.3, 0.4) is 0 Å². The minimum atomic E-state index is 0.411. The number of nitrogens with one attached hydrogen (secondary N) is 1. The first-order valence-electron chi connectivity index (χ1n) is 6.34. The summed E-state index contributed by atoms with van der Waals surface area (Å²) >= 11 is 0. The second kappa shape index (κ2) is 3.78. The molecule has 3 nitrogen and oxygen atoms in total. The van der Waals surface area contributed by atoms with E-state index in [2.05, 4.69) is 10.2 Å². The number of hydrogen-bond acceptors (Lipinski definition) is 2. The van der Waals surface area contributed by atoms with Crippen LogP contribution in [0.2, 0.25) is 0 Å². The lowest BCUT2D eigenvalue weighted by molar-refractivity contribution is -0.130. The summed E-state index contributed by atoms with van der Waals surface area (Å²) in [7, 11) is 0. The van der Waals surface area contributed by atoms with Gasteiger partial charge in [-0.15, -0.1) is 0 Å². The van der Waals surface area contributed by atoms with E-state index < -0.39 is 0 Å². The molecule has 0 aromatic rings. The molecule has 1 N–H and O–H groups in total. The molecule has 0 spiro atoms. The zero-order valence-corrected chi connectivity index (χ0v) is 9.24. The minimum Gasteiger partial charge on any atom is -0.341 e. The average Bonchev–Trinajstić information content (AvgIpc) is 2.95. The predicted octanol–water partition coefficient (Wildman–Crippen LogP) is 0.997. The highest BCUT2D eigenvalue weighted by Crippen LogP contribution is 2.34. The molecule has 15 heavy (non-hydrogen) atoms. The van der Waals surface area contributed by atoms with Crippen molar-refractivity contribution in [2.45, 2.75) is 38.1 Å². The highest BCUT2D eigenvalue weighted by Gasteiger charge is 2.37. The molecule has 84 valence electrons. The monoisotopic (exact) mass is 208 g/mol. The molecule has 0 aromatic carbocycles. The quantitative estimate of drug-likeness (QED) is 0.734. The Morgan fingerprint density at radius 3 is 2.87 bits per heavy atom. The van der Waals surface area contributed by atoms with Crippen molar-refractivity contribution in [2.75, 3.05) is 19.6 Å². The average molecular weight is 208 g/mol. The van der Waals surface area contributed by atoms with Crippen molar-refractivity contribution in [3.8, 4) is 0 Å². The van der Waals surface area contributed by atoms with Crippen molar-refractivity contribution in [1.82, 2.24) is 10.2 Å². The lowest BCUT2D eigenvalue weighted by Gasteiger charge is -2.24. The van der Waals surface area contributed by atoms with E-state index in [-0.39, 0.29) is 0 Å². The number of carbonyl (C=O) groups is 1. The summed E-state index contributed by atoms with van der Waals surface area (Å²) in [6.45, 7) is 3.13. The zero-order valence-electron chi connectivity index (χ0n) is 9.24. The van der Waals surface area contributed by atoms with Crippen LogP contribution in [0.15, 0.2) is 0 Å². The van der Waals surface area contributed by atoms with Crippen LogP contribution in [0.25, 0.3) is 0 Å². The Kier molecular flexibility index (Phi) is 2.43. The van der Waals surface area contributed by atoms with Gasteiger partial charge < -0.3 is 10.2 Å². The van der Waals surface area contributed by atoms with Gasteiger partial charge in [0.05, 0.1) is 0 Å². The van der Waals surface area contributed by atoms with Crippen molar-refractivity contribution < 1.29 is 4.79 Å². The first kappa shape index (κ1) is 9.64. The van der Waals surface area contributed by atoms with Crippen LogP contribution in [0, 0.1) is 11.8 Å². The molecule has 3 heteroatoms. The second-order valence-electron chi connectivity index (χ2n) is 5.41. The van der Waals surface area contributed by atoms with Gasteiger partial charge in [0.2, 0.25) is 5.91 Å². The second-order valence-corrected chi connectivity index (χ2v) is 5.41. The number of nitrogens with zero attached hydrogens (tertiary/aromatic N) is 1. The fourth-order valence-corrected chi connectivity index (χ4v) is 2.95. The maximum Gasteiger partial charge on any atom is 0.222 e. The topological polar surface area (TPSA) is 32.3 Å². The normalized spacial score (nSPS) is 35.3. The summed E-state index contributed by atoms with van der Waals surface area (Å²) in [4.78, 5) is 14.0. The van der Waals surface area contributed by atoms with Crippen LogP contribution >= 0.6 is 0 Å². The largest absolute Gasteiger partial charge is 0.341 e. The van der Waals surface area contributed by atoms with Gasteiger partial charge in [0.15, 0.2) is 0 Å². The van der Waals surface area contributed by atoms with Crippen LogP contribution in [0.1, 0.15) is 32.1 Å². The van der Waals surface area contributed by atoms with Gasteiger partial charge in [0, 0.05) is 25.6 Å². The van der Waals surface area contributed by atoms with Gasteiger partial charge in [-0.05, 0) is 44.1 Å². The summed E-state index contributed by atoms with van der Waals surface area (Å²) in [5.41, 5.74) is 0. The van der Waals surface area contributed by atoms with Crippen LogP contribution in [0.5, 0.6) is 0 Å². The Morgan fingerprint density at radius 2 is 2.13 bits per heavy atom. The molecule has 0 bridgehead atoms. The third-order valence-corrected chi connectivity index (χ3v) is 4.11. The molecule has 2 atom stereocenters. The summed E-state index contributed by atoms with van der Waals surface area (Å²) in [6, 6.07) is 0.599. The van der Waals surface area contributed by atoms with E-state index in [1.165, 1.54) is 25.7 Å². The van der Waals surface area contributed by atoms with E-state index in [1.807, 2.05) is 0 Å².